The molecule has 0 unspecified atom stereocenters. The molecular weight excluding hydrogens is 280 g/mol. The molecule has 2 N–H and O–H groups in total. The number of nitrogens with zero attached hydrogens (tertiary/aromatic N) is 2. The molecule has 1 atom stereocenters. The molecule has 22 heavy (non-hydrogen) atoms. The van der Waals surface area contributed by atoms with E-state index in [-0.39, 0.29) is 12.4 Å². The first kappa shape index (κ1) is 17.1. The molecule has 0 spiro atoms. The molecule has 0 aliphatic carbocycles. The Morgan fingerprint density at radius 3 is 2.73 bits per heavy atom. The normalized spacial score (nSPS) is 20.5. The van der Waals surface area contributed by atoms with Gasteiger partial charge in [-0.2, -0.15) is 0 Å². The highest BCUT2D eigenvalue weighted by molar-refractivity contribution is 5.45. The van der Waals surface area contributed by atoms with Crippen molar-refractivity contribution < 1.29 is 14.9 Å². The third-order valence-electron chi connectivity index (χ3n) is 4.43. The summed E-state index contributed by atoms with van der Waals surface area (Å²) in [4.78, 5) is 4.80. The maximum atomic E-state index is 10.2. The maximum absolute atomic E-state index is 10.2. The van der Waals surface area contributed by atoms with E-state index in [1.165, 1.54) is 0 Å². The number of hydrogen-bond donors (Lipinski definition) is 2. The standard InChI is InChI=1S/C17H28N2O3/c1-13(2)19-9-8-18(12-15(19)7-10-20)11-14-5-4-6-16(22-3)17(14)21/h4-6,13,15,20-21H,7-12H2,1-3H3/t15-/m1/s1. The monoisotopic (exact) mass is 308 g/mol. The second-order valence-electron chi connectivity index (χ2n) is 6.20. The minimum atomic E-state index is 0.214. The van der Waals surface area contributed by atoms with E-state index in [1.807, 2.05) is 12.1 Å². The van der Waals surface area contributed by atoms with Gasteiger partial charge in [0.05, 0.1) is 7.11 Å². The van der Waals surface area contributed by atoms with Gasteiger partial charge in [-0.25, -0.2) is 0 Å². The summed E-state index contributed by atoms with van der Waals surface area (Å²) in [6.07, 6.45) is 0.790. The highest BCUT2D eigenvalue weighted by Gasteiger charge is 2.28. The average Bonchev–Trinajstić information content (AvgIpc) is 2.50. The lowest BCUT2D eigenvalue weighted by atomic mass is 10.1. The summed E-state index contributed by atoms with van der Waals surface area (Å²) in [5.74, 6) is 0.750. The van der Waals surface area contributed by atoms with Gasteiger partial charge in [0, 0.05) is 50.4 Å². The predicted molar refractivity (Wildman–Crippen MR) is 87.3 cm³/mol. The van der Waals surface area contributed by atoms with Crippen LogP contribution in [0.3, 0.4) is 0 Å². The minimum absolute atomic E-state index is 0.214. The number of para-hydroxylation sites is 1. The quantitative estimate of drug-likeness (QED) is 0.837. The molecule has 1 fully saturated rings. The van der Waals surface area contributed by atoms with E-state index in [1.54, 1.807) is 13.2 Å². The molecule has 0 radical (unpaired) electrons. The van der Waals surface area contributed by atoms with E-state index in [0.717, 1.165) is 31.6 Å². The van der Waals surface area contributed by atoms with Crippen LogP contribution in [0, 0.1) is 0 Å². The molecule has 1 aromatic carbocycles. The van der Waals surface area contributed by atoms with Crippen LogP contribution >= 0.6 is 0 Å². The molecule has 0 aromatic heterocycles. The molecule has 5 nitrogen and oxygen atoms in total. The van der Waals surface area contributed by atoms with Crippen molar-refractivity contribution in [2.75, 3.05) is 33.4 Å². The van der Waals surface area contributed by atoms with Crippen LogP contribution in [-0.2, 0) is 6.54 Å². The van der Waals surface area contributed by atoms with Gasteiger partial charge in [0.1, 0.15) is 0 Å². The lowest BCUT2D eigenvalue weighted by Crippen LogP contribution is -2.55. The van der Waals surface area contributed by atoms with E-state index < -0.39 is 0 Å². The van der Waals surface area contributed by atoms with Crippen LogP contribution in [0.15, 0.2) is 18.2 Å². The highest BCUT2D eigenvalue weighted by atomic mass is 16.5. The van der Waals surface area contributed by atoms with E-state index in [9.17, 15) is 10.2 Å². The van der Waals surface area contributed by atoms with Crippen LogP contribution in [0.25, 0.3) is 0 Å². The van der Waals surface area contributed by atoms with Gasteiger partial charge in [0.15, 0.2) is 11.5 Å². The molecule has 1 aliphatic rings. The van der Waals surface area contributed by atoms with Gasteiger partial charge in [-0.3, -0.25) is 9.80 Å². The Morgan fingerprint density at radius 1 is 1.32 bits per heavy atom. The fraction of sp³-hybridized carbons (Fsp3) is 0.647. The summed E-state index contributed by atoms with van der Waals surface area (Å²) in [5.41, 5.74) is 0.889. The minimum Gasteiger partial charge on any atom is -0.504 e. The molecule has 0 saturated carbocycles. The summed E-state index contributed by atoms with van der Waals surface area (Å²) in [6, 6.07) is 6.47. The molecule has 1 heterocycles. The fourth-order valence-corrected chi connectivity index (χ4v) is 3.26. The van der Waals surface area contributed by atoms with Crippen molar-refractivity contribution in [3.05, 3.63) is 23.8 Å². The first-order chi connectivity index (χ1) is 10.6. The zero-order valence-corrected chi connectivity index (χ0v) is 13.8. The van der Waals surface area contributed by atoms with Crippen molar-refractivity contribution in [1.29, 1.82) is 0 Å². The molecule has 1 aromatic rings. The number of aliphatic hydroxyl groups is 1. The van der Waals surface area contributed by atoms with Gasteiger partial charge < -0.3 is 14.9 Å². The van der Waals surface area contributed by atoms with Crippen LogP contribution in [-0.4, -0.2) is 65.4 Å². The number of rotatable bonds is 6. The largest absolute Gasteiger partial charge is 0.504 e. The van der Waals surface area contributed by atoms with E-state index in [4.69, 9.17) is 4.74 Å². The van der Waals surface area contributed by atoms with Crippen molar-refractivity contribution in [3.8, 4) is 11.5 Å². The van der Waals surface area contributed by atoms with Gasteiger partial charge in [0.25, 0.3) is 0 Å². The fourth-order valence-electron chi connectivity index (χ4n) is 3.26. The van der Waals surface area contributed by atoms with Crippen molar-refractivity contribution in [2.24, 2.45) is 0 Å². The maximum Gasteiger partial charge on any atom is 0.162 e. The molecule has 5 heteroatoms. The lowest BCUT2D eigenvalue weighted by molar-refractivity contribution is 0.0346. The zero-order chi connectivity index (χ0) is 16.1. The first-order valence-electron chi connectivity index (χ1n) is 8.00. The number of benzene rings is 1. The van der Waals surface area contributed by atoms with E-state index >= 15 is 0 Å². The Morgan fingerprint density at radius 2 is 2.09 bits per heavy atom. The van der Waals surface area contributed by atoms with Crippen LogP contribution < -0.4 is 4.74 Å². The molecule has 2 rings (SSSR count). The topological polar surface area (TPSA) is 56.2 Å². The van der Waals surface area contributed by atoms with Crippen molar-refractivity contribution in [1.82, 2.24) is 9.80 Å². The first-order valence-corrected chi connectivity index (χ1v) is 8.00. The van der Waals surface area contributed by atoms with Crippen LogP contribution in [0.4, 0.5) is 0 Å². The van der Waals surface area contributed by atoms with Gasteiger partial charge in [0.2, 0.25) is 0 Å². The summed E-state index contributed by atoms with van der Waals surface area (Å²) in [5, 5.41) is 19.5. The van der Waals surface area contributed by atoms with Crippen molar-refractivity contribution in [2.45, 2.75) is 38.9 Å². The number of piperazine rings is 1. The summed E-state index contributed by atoms with van der Waals surface area (Å²) in [6.45, 7) is 8.20. The van der Waals surface area contributed by atoms with Gasteiger partial charge in [-0.05, 0) is 26.3 Å². The summed E-state index contributed by atoms with van der Waals surface area (Å²) < 4.78 is 5.17. The van der Waals surface area contributed by atoms with Crippen molar-refractivity contribution in [3.63, 3.8) is 0 Å². The molecular formula is C17H28N2O3. The summed E-state index contributed by atoms with van der Waals surface area (Å²) in [7, 11) is 1.57. The number of ether oxygens (including phenoxy) is 1. The zero-order valence-electron chi connectivity index (χ0n) is 13.8. The molecule has 0 amide bonds. The molecule has 0 bridgehead atoms. The third-order valence-corrected chi connectivity index (χ3v) is 4.43. The second kappa shape index (κ2) is 7.81. The average molecular weight is 308 g/mol. The lowest BCUT2D eigenvalue weighted by Gasteiger charge is -2.43. The number of aromatic hydroxyl groups is 1. The highest BCUT2D eigenvalue weighted by Crippen LogP contribution is 2.30. The number of methoxy groups -OCH3 is 1. The Bertz CT molecular complexity index is 479. The number of phenolic OH excluding ortho intramolecular Hbond substituents is 1. The number of hydrogen-bond acceptors (Lipinski definition) is 5. The predicted octanol–water partition coefficient (Wildman–Crippen LogP) is 1.68. The smallest absolute Gasteiger partial charge is 0.162 e. The number of phenols is 1. The second-order valence-corrected chi connectivity index (χ2v) is 6.20. The third kappa shape index (κ3) is 3.91. The Kier molecular flexibility index (Phi) is 6.06. The Labute approximate surface area is 133 Å². The van der Waals surface area contributed by atoms with Gasteiger partial charge >= 0.3 is 0 Å². The van der Waals surface area contributed by atoms with Crippen LogP contribution in [0.5, 0.6) is 11.5 Å². The molecule has 1 saturated heterocycles. The van der Waals surface area contributed by atoms with E-state index in [2.05, 4.69) is 23.6 Å². The van der Waals surface area contributed by atoms with Crippen LogP contribution in [0.2, 0.25) is 0 Å². The Balaban J connectivity index is 2.05. The van der Waals surface area contributed by atoms with Crippen molar-refractivity contribution >= 4 is 0 Å². The van der Waals surface area contributed by atoms with Crippen LogP contribution in [0.1, 0.15) is 25.8 Å². The number of aliphatic hydroxyl groups excluding tert-OH is 1. The summed E-state index contributed by atoms with van der Waals surface area (Å²) >= 11 is 0. The molecule has 124 valence electrons. The van der Waals surface area contributed by atoms with Gasteiger partial charge in [-0.1, -0.05) is 12.1 Å². The molecule has 1 aliphatic heterocycles. The van der Waals surface area contributed by atoms with E-state index in [0.29, 0.717) is 24.4 Å². The van der Waals surface area contributed by atoms with Gasteiger partial charge in [-0.15, -0.1) is 0 Å². The Hall–Kier alpha value is -1.30. The SMILES string of the molecule is COc1cccc(CN2CCN(C(C)C)[C@H](CCO)C2)c1O.